The predicted octanol–water partition coefficient (Wildman–Crippen LogP) is 5.42. The Kier molecular flexibility index (Phi) is 2.84. The molecule has 0 amide bonds. The second-order valence-electron chi connectivity index (χ2n) is 8.01. The minimum Gasteiger partial charge on any atom is -0.0625 e. The van der Waals surface area contributed by atoms with Crippen molar-refractivity contribution in [3.8, 4) is 0 Å². The smallest absolute Gasteiger partial charge is 0.0241 e. The van der Waals surface area contributed by atoms with Crippen molar-refractivity contribution in [2.45, 2.75) is 78.6 Å². The van der Waals surface area contributed by atoms with Gasteiger partial charge in [0.2, 0.25) is 0 Å². The first-order valence-corrected chi connectivity index (χ1v) is 8.05. The average molecular weight is 234 g/mol. The van der Waals surface area contributed by atoms with Crippen LogP contribution in [0.15, 0.2) is 0 Å². The highest BCUT2D eigenvalue weighted by Gasteiger charge is 2.55. The predicted molar refractivity (Wildman–Crippen MR) is 73.9 cm³/mol. The summed E-state index contributed by atoms with van der Waals surface area (Å²) in [6.45, 7) is 7.77. The summed E-state index contributed by atoms with van der Waals surface area (Å²) in [5.41, 5.74) is 1.38. The zero-order valence-electron chi connectivity index (χ0n) is 12.1. The van der Waals surface area contributed by atoms with Gasteiger partial charge in [-0.2, -0.15) is 0 Å². The Labute approximate surface area is 108 Å². The second kappa shape index (κ2) is 4.00. The summed E-state index contributed by atoms with van der Waals surface area (Å²) in [6, 6.07) is 0. The maximum Gasteiger partial charge on any atom is -0.0241 e. The minimum absolute atomic E-state index is 0.687. The van der Waals surface area contributed by atoms with E-state index in [9.17, 15) is 0 Å². The molecule has 0 aromatic carbocycles. The highest BCUT2D eigenvalue weighted by molar-refractivity contribution is 5.05. The van der Waals surface area contributed by atoms with E-state index in [2.05, 4.69) is 20.8 Å². The zero-order valence-corrected chi connectivity index (χ0v) is 12.1. The molecule has 0 nitrogen and oxygen atoms in total. The van der Waals surface area contributed by atoms with Crippen LogP contribution in [0.1, 0.15) is 78.6 Å². The van der Waals surface area contributed by atoms with Crippen LogP contribution in [0.3, 0.4) is 0 Å². The largest absolute Gasteiger partial charge is 0.0625 e. The molecule has 3 rings (SSSR count). The van der Waals surface area contributed by atoms with Crippen LogP contribution < -0.4 is 0 Å². The van der Waals surface area contributed by atoms with E-state index in [0.29, 0.717) is 10.8 Å². The maximum atomic E-state index is 2.67. The van der Waals surface area contributed by atoms with E-state index in [4.69, 9.17) is 0 Å². The van der Waals surface area contributed by atoms with Crippen molar-refractivity contribution in [3.05, 3.63) is 0 Å². The Hall–Kier alpha value is 0. The second-order valence-corrected chi connectivity index (χ2v) is 8.01. The van der Waals surface area contributed by atoms with Crippen LogP contribution in [0.2, 0.25) is 0 Å². The van der Waals surface area contributed by atoms with Crippen molar-refractivity contribution in [2.75, 3.05) is 0 Å². The Bertz CT molecular complexity index is 294. The van der Waals surface area contributed by atoms with E-state index in [1.807, 2.05) is 0 Å². The van der Waals surface area contributed by atoms with Gasteiger partial charge in [0, 0.05) is 0 Å². The van der Waals surface area contributed by atoms with Crippen molar-refractivity contribution in [2.24, 2.45) is 28.6 Å². The van der Waals surface area contributed by atoms with Crippen LogP contribution in [-0.2, 0) is 0 Å². The molecule has 0 aliphatic heterocycles. The number of hydrogen-bond acceptors (Lipinski definition) is 0. The van der Waals surface area contributed by atoms with E-state index >= 15 is 0 Å². The summed E-state index contributed by atoms with van der Waals surface area (Å²) < 4.78 is 0. The lowest BCUT2D eigenvalue weighted by atomic mass is 9.43. The highest BCUT2D eigenvalue weighted by Crippen LogP contribution is 2.65. The molecule has 0 bridgehead atoms. The number of rotatable bonds is 0. The maximum absolute atomic E-state index is 2.67. The summed E-state index contributed by atoms with van der Waals surface area (Å²) in [5.74, 6) is 3.15. The Morgan fingerprint density at radius 2 is 1.65 bits per heavy atom. The van der Waals surface area contributed by atoms with Crippen LogP contribution in [0, 0.1) is 28.6 Å². The van der Waals surface area contributed by atoms with E-state index < -0.39 is 0 Å². The van der Waals surface area contributed by atoms with Gasteiger partial charge < -0.3 is 0 Å². The van der Waals surface area contributed by atoms with Gasteiger partial charge in [-0.3, -0.25) is 0 Å². The van der Waals surface area contributed by atoms with Gasteiger partial charge in [0.05, 0.1) is 0 Å². The van der Waals surface area contributed by atoms with Gasteiger partial charge in [-0.1, -0.05) is 40.0 Å². The van der Waals surface area contributed by atoms with Crippen LogP contribution in [0.4, 0.5) is 0 Å². The van der Waals surface area contributed by atoms with Crippen molar-refractivity contribution in [3.63, 3.8) is 0 Å². The molecule has 5 atom stereocenters. The van der Waals surface area contributed by atoms with Crippen molar-refractivity contribution >= 4 is 0 Å². The van der Waals surface area contributed by atoms with Crippen molar-refractivity contribution in [1.82, 2.24) is 0 Å². The van der Waals surface area contributed by atoms with Crippen LogP contribution in [0.5, 0.6) is 0 Å². The third-order valence-corrected chi connectivity index (χ3v) is 7.18. The van der Waals surface area contributed by atoms with Crippen molar-refractivity contribution < 1.29 is 0 Å². The fraction of sp³-hybridized carbons (Fsp3) is 1.00. The normalized spacial score (nSPS) is 54.9. The molecule has 0 saturated heterocycles. The monoisotopic (exact) mass is 234 g/mol. The number of fused-ring (bicyclic) bond motifs is 3. The van der Waals surface area contributed by atoms with E-state index in [1.165, 1.54) is 51.4 Å². The summed E-state index contributed by atoms with van der Waals surface area (Å²) >= 11 is 0. The molecule has 3 aliphatic rings. The van der Waals surface area contributed by atoms with Gasteiger partial charge in [-0.25, -0.2) is 0 Å². The molecular weight excluding hydrogens is 204 g/mol. The molecule has 5 unspecified atom stereocenters. The summed E-state index contributed by atoms with van der Waals surface area (Å²) in [7, 11) is 0. The molecule has 0 N–H and O–H groups in total. The Morgan fingerprint density at radius 3 is 2.47 bits per heavy atom. The summed E-state index contributed by atoms with van der Waals surface area (Å²) in [4.78, 5) is 0. The lowest BCUT2D eigenvalue weighted by molar-refractivity contribution is -0.120. The molecule has 98 valence electrons. The average Bonchev–Trinajstić information content (AvgIpc) is 2.30. The van der Waals surface area contributed by atoms with Gasteiger partial charge in [0.1, 0.15) is 0 Å². The molecule has 0 spiro atoms. The molecule has 3 fully saturated rings. The topological polar surface area (TPSA) is 0 Å². The Balaban J connectivity index is 1.88. The van der Waals surface area contributed by atoms with E-state index in [-0.39, 0.29) is 0 Å². The molecule has 0 heteroatoms. The molecule has 0 aromatic heterocycles. The SMILES string of the molecule is CC1CCC2C(CCC3(C)CCCCC23C)C1. The van der Waals surface area contributed by atoms with Crippen molar-refractivity contribution in [1.29, 1.82) is 0 Å². The van der Waals surface area contributed by atoms with Gasteiger partial charge in [0.25, 0.3) is 0 Å². The Morgan fingerprint density at radius 1 is 0.882 bits per heavy atom. The summed E-state index contributed by atoms with van der Waals surface area (Å²) in [5, 5.41) is 0. The third kappa shape index (κ3) is 1.70. The molecule has 0 heterocycles. The molecule has 3 aliphatic carbocycles. The first-order chi connectivity index (χ1) is 8.05. The van der Waals surface area contributed by atoms with Crippen LogP contribution in [-0.4, -0.2) is 0 Å². The van der Waals surface area contributed by atoms with Crippen LogP contribution in [0.25, 0.3) is 0 Å². The minimum atomic E-state index is 0.687. The van der Waals surface area contributed by atoms with Crippen LogP contribution >= 0.6 is 0 Å². The van der Waals surface area contributed by atoms with Gasteiger partial charge in [-0.15, -0.1) is 0 Å². The molecule has 0 radical (unpaired) electrons. The van der Waals surface area contributed by atoms with E-state index in [1.54, 1.807) is 6.42 Å². The first-order valence-electron chi connectivity index (χ1n) is 8.05. The molecular formula is C17H30. The quantitative estimate of drug-likeness (QED) is 0.525. The van der Waals surface area contributed by atoms with E-state index in [0.717, 1.165) is 17.8 Å². The van der Waals surface area contributed by atoms with Gasteiger partial charge in [-0.05, 0) is 67.1 Å². The fourth-order valence-corrected chi connectivity index (χ4v) is 5.80. The molecule has 17 heavy (non-hydrogen) atoms. The lowest BCUT2D eigenvalue weighted by Crippen LogP contribution is -2.53. The summed E-state index contributed by atoms with van der Waals surface area (Å²) in [6.07, 6.45) is 13.7. The molecule has 0 aromatic rings. The van der Waals surface area contributed by atoms with Gasteiger partial charge in [0.15, 0.2) is 0 Å². The first kappa shape index (κ1) is 12.1. The fourth-order valence-electron chi connectivity index (χ4n) is 5.80. The molecule has 3 saturated carbocycles. The third-order valence-electron chi connectivity index (χ3n) is 7.18. The van der Waals surface area contributed by atoms with Gasteiger partial charge >= 0.3 is 0 Å². The number of hydrogen-bond donors (Lipinski definition) is 0. The standard InChI is InChI=1S/C17H30/c1-13-6-7-15-14(12-13)8-11-16(2)9-4-5-10-17(15,16)3/h13-15H,4-12H2,1-3H3. The highest BCUT2D eigenvalue weighted by atomic mass is 14.6. The zero-order chi connectivity index (χ0) is 12.1. The lowest BCUT2D eigenvalue weighted by Gasteiger charge is -2.62.